The maximum atomic E-state index is 5.47. The first-order valence-electron chi connectivity index (χ1n) is 7.70. The lowest BCUT2D eigenvalue weighted by Crippen LogP contribution is -2.33. The average Bonchev–Trinajstić information content (AvgIpc) is 2.52. The molecule has 21 heavy (non-hydrogen) atoms. The molecule has 1 fully saturated rings. The van der Waals surface area contributed by atoms with Crippen molar-refractivity contribution in [2.45, 2.75) is 45.2 Å². The Balaban J connectivity index is 2.07. The number of ether oxygens (including phenoxy) is 3. The minimum atomic E-state index is 0.603. The standard InChI is InChI=1S/C17H27NO3/c1-12-6-5-7-14(8-12)18-11-13-9-16(20-3)17(21-4)10-15(13)19-2/h9-10,12,14,18H,5-8,11H2,1-4H3. The molecule has 1 aromatic rings. The number of rotatable bonds is 6. The van der Waals surface area contributed by atoms with Crippen molar-refractivity contribution in [3.63, 3.8) is 0 Å². The van der Waals surface area contributed by atoms with Crippen molar-refractivity contribution in [1.82, 2.24) is 5.32 Å². The van der Waals surface area contributed by atoms with Crippen LogP contribution in [0.5, 0.6) is 17.2 Å². The summed E-state index contributed by atoms with van der Waals surface area (Å²) in [5.74, 6) is 3.10. The number of benzene rings is 1. The van der Waals surface area contributed by atoms with E-state index in [2.05, 4.69) is 12.2 Å². The van der Waals surface area contributed by atoms with Gasteiger partial charge in [0.25, 0.3) is 0 Å². The van der Waals surface area contributed by atoms with Crippen molar-refractivity contribution < 1.29 is 14.2 Å². The molecule has 1 aromatic carbocycles. The van der Waals surface area contributed by atoms with Crippen molar-refractivity contribution in [1.29, 1.82) is 0 Å². The zero-order valence-electron chi connectivity index (χ0n) is 13.6. The van der Waals surface area contributed by atoms with Gasteiger partial charge in [0.15, 0.2) is 11.5 Å². The molecule has 0 spiro atoms. The quantitative estimate of drug-likeness (QED) is 0.873. The molecule has 0 heterocycles. The van der Waals surface area contributed by atoms with Gasteiger partial charge in [-0.15, -0.1) is 0 Å². The number of hydrogen-bond acceptors (Lipinski definition) is 4. The molecule has 118 valence electrons. The Hall–Kier alpha value is -1.42. The molecule has 0 bridgehead atoms. The Morgan fingerprint density at radius 1 is 1.00 bits per heavy atom. The van der Waals surface area contributed by atoms with Crippen LogP contribution in [0.4, 0.5) is 0 Å². The van der Waals surface area contributed by atoms with E-state index in [0.717, 1.165) is 29.5 Å². The first kappa shape index (κ1) is 16.0. The van der Waals surface area contributed by atoms with Gasteiger partial charge in [0.05, 0.1) is 21.3 Å². The predicted octanol–water partition coefficient (Wildman–Crippen LogP) is 3.38. The molecule has 0 aliphatic heterocycles. The summed E-state index contributed by atoms with van der Waals surface area (Å²) in [6.07, 6.45) is 5.20. The van der Waals surface area contributed by atoms with E-state index in [-0.39, 0.29) is 0 Å². The van der Waals surface area contributed by atoms with Crippen LogP contribution in [0.2, 0.25) is 0 Å². The summed E-state index contributed by atoms with van der Waals surface area (Å²) < 4.78 is 16.2. The third-order valence-corrected chi connectivity index (χ3v) is 4.30. The second-order valence-electron chi connectivity index (χ2n) is 5.87. The lowest BCUT2D eigenvalue weighted by Gasteiger charge is -2.28. The fourth-order valence-corrected chi connectivity index (χ4v) is 3.10. The highest BCUT2D eigenvalue weighted by Gasteiger charge is 2.19. The van der Waals surface area contributed by atoms with Gasteiger partial charge in [-0.25, -0.2) is 0 Å². The zero-order valence-corrected chi connectivity index (χ0v) is 13.6. The molecule has 1 N–H and O–H groups in total. The van der Waals surface area contributed by atoms with Crippen molar-refractivity contribution in [2.75, 3.05) is 21.3 Å². The SMILES string of the molecule is COc1cc(OC)c(OC)cc1CNC1CCCC(C)C1. The van der Waals surface area contributed by atoms with Gasteiger partial charge in [0.2, 0.25) is 0 Å². The van der Waals surface area contributed by atoms with Crippen LogP contribution < -0.4 is 19.5 Å². The van der Waals surface area contributed by atoms with Crippen LogP contribution in [0.3, 0.4) is 0 Å². The van der Waals surface area contributed by atoms with E-state index in [4.69, 9.17) is 14.2 Å². The molecular weight excluding hydrogens is 266 g/mol. The van der Waals surface area contributed by atoms with Crippen LogP contribution in [-0.4, -0.2) is 27.4 Å². The lowest BCUT2D eigenvalue weighted by atomic mass is 9.87. The molecule has 4 nitrogen and oxygen atoms in total. The molecule has 2 atom stereocenters. The third-order valence-electron chi connectivity index (χ3n) is 4.30. The van der Waals surface area contributed by atoms with Gasteiger partial charge >= 0.3 is 0 Å². The fourth-order valence-electron chi connectivity index (χ4n) is 3.10. The van der Waals surface area contributed by atoms with E-state index in [9.17, 15) is 0 Å². The van der Waals surface area contributed by atoms with Crippen molar-refractivity contribution >= 4 is 0 Å². The number of methoxy groups -OCH3 is 3. The van der Waals surface area contributed by atoms with E-state index >= 15 is 0 Å². The molecule has 2 rings (SSSR count). The first-order valence-corrected chi connectivity index (χ1v) is 7.70. The molecule has 2 unspecified atom stereocenters. The molecule has 0 saturated heterocycles. The Bertz CT molecular complexity index is 462. The Labute approximate surface area is 127 Å². The smallest absolute Gasteiger partial charge is 0.164 e. The number of nitrogens with one attached hydrogen (secondary N) is 1. The maximum Gasteiger partial charge on any atom is 0.164 e. The lowest BCUT2D eigenvalue weighted by molar-refractivity contribution is 0.298. The van der Waals surface area contributed by atoms with E-state index in [1.54, 1.807) is 21.3 Å². The summed E-state index contributed by atoms with van der Waals surface area (Å²) in [5, 5.41) is 3.66. The molecular formula is C17H27NO3. The molecule has 1 aliphatic carbocycles. The topological polar surface area (TPSA) is 39.7 Å². The summed E-state index contributed by atoms with van der Waals surface area (Å²) in [5.41, 5.74) is 1.10. The minimum absolute atomic E-state index is 0.603. The van der Waals surface area contributed by atoms with Gasteiger partial charge in [0.1, 0.15) is 5.75 Å². The highest BCUT2D eigenvalue weighted by atomic mass is 16.5. The van der Waals surface area contributed by atoms with Gasteiger partial charge in [-0.3, -0.25) is 0 Å². The Morgan fingerprint density at radius 2 is 1.67 bits per heavy atom. The average molecular weight is 293 g/mol. The molecule has 4 heteroatoms. The minimum Gasteiger partial charge on any atom is -0.496 e. The van der Waals surface area contributed by atoms with Gasteiger partial charge in [-0.05, 0) is 24.8 Å². The second kappa shape index (κ2) is 7.55. The predicted molar refractivity (Wildman–Crippen MR) is 84.4 cm³/mol. The van der Waals surface area contributed by atoms with Crippen LogP contribution in [0.1, 0.15) is 38.2 Å². The van der Waals surface area contributed by atoms with Gasteiger partial charge in [-0.1, -0.05) is 19.8 Å². The van der Waals surface area contributed by atoms with Crippen LogP contribution in [0, 0.1) is 5.92 Å². The Kier molecular flexibility index (Phi) is 5.74. The van der Waals surface area contributed by atoms with Gasteiger partial charge in [-0.2, -0.15) is 0 Å². The van der Waals surface area contributed by atoms with Gasteiger partial charge in [0, 0.05) is 24.2 Å². The number of hydrogen-bond donors (Lipinski definition) is 1. The molecule has 0 aromatic heterocycles. The van der Waals surface area contributed by atoms with Crippen molar-refractivity contribution in [3.05, 3.63) is 17.7 Å². The zero-order chi connectivity index (χ0) is 15.2. The maximum absolute atomic E-state index is 5.47. The third kappa shape index (κ3) is 4.03. The summed E-state index contributed by atoms with van der Waals surface area (Å²) in [6.45, 7) is 3.13. The van der Waals surface area contributed by atoms with E-state index in [0.29, 0.717) is 11.8 Å². The van der Waals surface area contributed by atoms with Crippen LogP contribution >= 0.6 is 0 Å². The normalized spacial score (nSPS) is 21.9. The van der Waals surface area contributed by atoms with E-state index in [1.807, 2.05) is 12.1 Å². The first-order chi connectivity index (χ1) is 10.2. The Morgan fingerprint density at radius 3 is 2.29 bits per heavy atom. The van der Waals surface area contributed by atoms with E-state index in [1.165, 1.54) is 25.7 Å². The van der Waals surface area contributed by atoms with Crippen LogP contribution in [-0.2, 0) is 6.54 Å². The molecule has 1 aliphatic rings. The van der Waals surface area contributed by atoms with Crippen LogP contribution in [0.25, 0.3) is 0 Å². The molecule has 1 saturated carbocycles. The highest BCUT2D eigenvalue weighted by molar-refractivity contribution is 5.50. The molecule has 0 amide bonds. The summed E-state index contributed by atoms with van der Waals surface area (Å²) in [7, 11) is 4.98. The largest absolute Gasteiger partial charge is 0.496 e. The summed E-state index contributed by atoms with van der Waals surface area (Å²) in [6, 6.07) is 4.49. The van der Waals surface area contributed by atoms with Crippen molar-refractivity contribution in [2.24, 2.45) is 5.92 Å². The fraction of sp³-hybridized carbons (Fsp3) is 0.647. The van der Waals surface area contributed by atoms with Crippen molar-refractivity contribution in [3.8, 4) is 17.2 Å². The second-order valence-corrected chi connectivity index (χ2v) is 5.87. The van der Waals surface area contributed by atoms with Gasteiger partial charge < -0.3 is 19.5 Å². The van der Waals surface area contributed by atoms with E-state index < -0.39 is 0 Å². The highest BCUT2D eigenvalue weighted by Crippen LogP contribution is 2.34. The molecule has 0 radical (unpaired) electrons. The monoisotopic (exact) mass is 293 g/mol. The van der Waals surface area contributed by atoms with Crippen LogP contribution in [0.15, 0.2) is 12.1 Å². The summed E-state index contributed by atoms with van der Waals surface area (Å²) >= 11 is 0. The summed E-state index contributed by atoms with van der Waals surface area (Å²) in [4.78, 5) is 0.